The maximum Gasteiger partial charge on any atom is 0.233 e. The Hall–Kier alpha value is -3.75. The number of Topliss-reactive ketones (excluding diaryl/α,β-unsaturated/α-hetero) is 2. The van der Waals surface area contributed by atoms with Gasteiger partial charge in [-0.15, -0.1) is 0 Å². The van der Waals surface area contributed by atoms with E-state index in [1.165, 1.54) is 12.7 Å². The molecule has 7 rings (SSSR count). The van der Waals surface area contributed by atoms with Gasteiger partial charge in [-0.3, -0.25) is 29.0 Å². The summed E-state index contributed by atoms with van der Waals surface area (Å²) in [5, 5.41) is 10.6. The maximum absolute atomic E-state index is 14.5. The lowest BCUT2D eigenvalue weighted by molar-refractivity contribution is -0.145. The summed E-state index contributed by atoms with van der Waals surface area (Å²) in [7, 11) is 1.43. The number of hydrogen-bond acceptors (Lipinski definition) is 7. The molecule has 0 aromatic heterocycles. The van der Waals surface area contributed by atoms with Crippen molar-refractivity contribution in [2.24, 2.45) is 29.1 Å². The highest BCUT2D eigenvalue weighted by atomic mass is 35.5. The summed E-state index contributed by atoms with van der Waals surface area (Å²) >= 11 is 6.50. The Morgan fingerprint density at radius 3 is 2.36 bits per heavy atom. The zero-order valence-electron chi connectivity index (χ0n) is 27.3. The minimum atomic E-state index is -1.14. The fourth-order valence-corrected chi connectivity index (χ4v) is 9.66. The SMILES string of the molecule is COc1cc([C@H]2C3=CC[C@@H]4C(=O)N(C5CCN(Cc6ccccc6)CC5)C(=O)[C@@H]4[C@@H]3C[C@H]3C(=O)C(C)=C(C)C(=O)[C@@]23C)cc(Cl)c1O. The minimum Gasteiger partial charge on any atom is -0.503 e. The molecular weight excluding hydrogens is 616 g/mol. The number of phenols is 1. The van der Waals surface area contributed by atoms with Crippen LogP contribution in [0.15, 0.2) is 65.3 Å². The average Bonchev–Trinajstić information content (AvgIpc) is 3.33. The minimum absolute atomic E-state index is 0.0749. The molecule has 2 aliphatic heterocycles. The van der Waals surface area contributed by atoms with E-state index in [2.05, 4.69) is 17.0 Å². The molecule has 5 aliphatic rings. The van der Waals surface area contributed by atoms with E-state index in [9.17, 15) is 24.3 Å². The highest BCUT2D eigenvalue weighted by Gasteiger charge is 2.64. The third-order valence-electron chi connectivity index (χ3n) is 12.0. The molecule has 1 N–H and O–H groups in total. The van der Waals surface area contributed by atoms with Gasteiger partial charge < -0.3 is 9.84 Å². The van der Waals surface area contributed by atoms with Crippen molar-refractivity contribution >= 4 is 35.0 Å². The number of carbonyl (C=O) groups excluding carboxylic acids is 4. The lowest BCUT2D eigenvalue weighted by Gasteiger charge is -2.54. The molecule has 2 aromatic rings. The number of phenolic OH excluding ortho intramolecular Hbond substituents is 1. The molecule has 2 aromatic carbocycles. The molecule has 2 amide bonds. The Balaban J connectivity index is 1.23. The number of nitrogens with zero attached hydrogens (tertiary/aromatic N) is 2. The third-order valence-corrected chi connectivity index (χ3v) is 12.3. The number of piperidine rings is 1. The quantitative estimate of drug-likeness (QED) is 0.317. The fraction of sp³-hybridized carbons (Fsp3) is 0.474. The molecule has 0 bridgehead atoms. The van der Waals surface area contributed by atoms with Crippen molar-refractivity contribution < 1.29 is 29.0 Å². The number of methoxy groups -OCH3 is 1. The summed E-state index contributed by atoms with van der Waals surface area (Å²) in [6.07, 6.45) is 4.20. The summed E-state index contributed by atoms with van der Waals surface area (Å²) in [5.41, 5.74) is 2.53. The summed E-state index contributed by atoms with van der Waals surface area (Å²) in [6.45, 7) is 7.70. The number of benzene rings is 2. The van der Waals surface area contributed by atoms with Crippen molar-refractivity contribution in [1.82, 2.24) is 9.80 Å². The topological polar surface area (TPSA) is 104 Å². The van der Waals surface area contributed by atoms with E-state index in [1.807, 2.05) is 31.2 Å². The monoisotopic (exact) mass is 656 g/mol. The van der Waals surface area contributed by atoms with Crippen LogP contribution in [0.1, 0.15) is 63.5 Å². The van der Waals surface area contributed by atoms with Gasteiger partial charge in [0.2, 0.25) is 11.8 Å². The first-order valence-electron chi connectivity index (χ1n) is 16.6. The van der Waals surface area contributed by atoms with Gasteiger partial charge in [-0.2, -0.15) is 0 Å². The molecule has 246 valence electrons. The average molecular weight is 657 g/mol. The Labute approximate surface area is 280 Å². The van der Waals surface area contributed by atoms with Crippen molar-refractivity contribution in [2.45, 2.75) is 65.0 Å². The van der Waals surface area contributed by atoms with Crippen LogP contribution in [-0.4, -0.2) is 64.5 Å². The van der Waals surface area contributed by atoms with Gasteiger partial charge in [0.1, 0.15) is 0 Å². The normalized spacial score (nSPS) is 31.5. The van der Waals surface area contributed by atoms with Crippen molar-refractivity contribution in [3.63, 3.8) is 0 Å². The van der Waals surface area contributed by atoms with Crippen LogP contribution in [0.5, 0.6) is 11.5 Å². The molecule has 3 fully saturated rings. The molecule has 8 nitrogen and oxygen atoms in total. The van der Waals surface area contributed by atoms with Crippen molar-refractivity contribution in [3.05, 3.63) is 81.4 Å². The zero-order chi connectivity index (χ0) is 33.4. The third kappa shape index (κ3) is 4.81. The Kier molecular flexibility index (Phi) is 7.95. The number of rotatable bonds is 5. The molecule has 1 saturated carbocycles. The van der Waals surface area contributed by atoms with Gasteiger partial charge in [-0.1, -0.05) is 60.5 Å². The summed E-state index contributed by atoms with van der Waals surface area (Å²) in [4.78, 5) is 60.7. The van der Waals surface area contributed by atoms with Crippen LogP contribution in [0.25, 0.3) is 0 Å². The van der Waals surface area contributed by atoms with Gasteiger partial charge in [-0.05, 0) is 79.9 Å². The maximum atomic E-state index is 14.5. The lowest BCUT2D eigenvalue weighted by atomic mass is 9.46. The van der Waals surface area contributed by atoms with E-state index in [0.29, 0.717) is 29.6 Å². The first-order valence-corrected chi connectivity index (χ1v) is 17.0. The summed E-state index contributed by atoms with van der Waals surface area (Å²) in [5.74, 6) is -3.26. The van der Waals surface area contributed by atoms with Gasteiger partial charge in [0, 0.05) is 37.5 Å². The predicted molar refractivity (Wildman–Crippen MR) is 177 cm³/mol. The number of imide groups is 1. The predicted octanol–water partition coefficient (Wildman–Crippen LogP) is 5.86. The van der Waals surface area contributed by atoms with E-state index in [-0.39, 0.29) is 45.9 Å². The lowest BCUT2D eigenvalue weighted by Crippen LogP contribution is -2.55. The Bertz CT molecular complexity index is 1740. The Morgan fingerprint density at radius 1 is 0.979 bits per heavy atom. The summed E-state index contributed by atoms with van der Waals surface area (Å²) < 4.78 is 5.45. The standard InChI is InChI=1S/C38H41ClN2O6/c1-20-21(2)35(44)38(3)28(33(20)42)18-27-25(32(38)23-16-29(39)34(43)30(17-23)47-4)10-11-26-31(27)37(46)41(36(26)45)24-12-14-40(15-13-24)19-22-8-6-5-7-9-22/h5-10,16-17,24,26-28,31-32,43H,11-15,18-19H2,1-4H3/t26-,27+,28-,31-,32-,38+/m0/s1. The van der Waals surface area contributed by atoms with Crippen LogP contribution in [0.4, 0.5) is 0 Å². The van der Waals surface area contributed by atoms with E-state index in [0.717, 1.165) is 38.0 Å². The van der Waals surface area contributed by atoms with Crippen LogP contribution in [-0.2, 0) is 25.7 Å². The number of halogens is 1. The first-order chi connectivity index (χ1) is 22.5. The number of carbonyl (C=O) groups is 4. The smallest absolute Gasteiger partial charge is 0.233 e. The number of aromatic hydroxyl groups is 1. The van der Waals surface area contributed by atoms with Gasteiger partial charge in [0.05, 0.1) is 29.4 Å². The van der Waals surface area contributed by atoms with E-state index in [1.54, 1.807) is 30.9 Å². The largest absolute Gasteiger partial charge is 0.503 e. The molecule has 0 radical (unpaired) electrons. The summed E-state index contributed by atoms with van der Waals surface area (Å²) in [6, 6.07) is 13.5. The second-order valence-electron chi connectivity index (χ2n) is 14.2. The molecule has 9 heteroatoms. The number of allylic oxidation sites excluding steroid dienone is 4. The molecule has 47 heavy (non-hydrogen) atoms. The number of fused-ring (bicyclic) bond motifs is 4. The number of ketones is 2. The molecule has 6 atom stereocenters. The molecule has 0 unspecified atom stereocenters. The number of ether oxygens (including phenoxy) is 1. The number of hydrogen-bond donors (Lipinski definition) is 1. The van der Waals surface area contributed by atoms with Crippen molar-refractivity contribution in [2.75, 3.05) is 20.2 Å². The molecule has 3 aliphatic carbocycles. The van der Waals surface area contributed by atoms with Gasteiger partial charge in [-0.25, -0.2) is 0 Å². The highest BCUT2D eigenvalue weighted by Crippen LogP contribution is 2.63. The second-order valence-corrected chi connectivity index (χ2v) is 14.6. The molecule has 2 heterocycles. The molecular formula is C38H41ClN2O6. The van der Waals surface area contributed by atoms with Gasteiger partial charge in [0.15, 0.2) is 23.1 Å². The van der Waals surface area contributed by atoms with E-state index < -0.39 is 35.0 Å². The first kappa shape index (κ1) is 31.8. The fourth-order valence-electron chi connectivity index (χ4n) is 9.44. The van der Waals surface area contributed by atoms with Crippen LogP contribution in [0.3, 0.4) is 0 Å². The van der Waals surface area contributed by atoms with Gasteiger partial charge >= 0.3 is 0 Å². The molecule has 0 spiro atoms. The van der Waals surface area contributed by atoms with Crippen LogP contribution in [0, 0.1) is 29.1 Å². The van der Waals surface area contributed by atoms with Crippen LogP contribution in [0.2, 0.25) is 5.02 Å². The Morgan fingerprint density at radius 2 is 1.68 bits per heavy atom. The van der Waals surface area contributed by atoms with Gasteiger partial charge in [0.25, 0.3) is 0 Å². The van der Waals surface area contributed by atoms with E-state index in [4.69, 9.17) is 16.3 Å². The van der Waals surface area contributed by atoms with E-state index >= 15 is 0 Å². The van der Waals surface area contributed by atoms with Crippen LogP contribution >= 0.6 is 11.6 Å². The van der Waals surface area contributed by atoms with Crippen molar-refractivity contribution in [3.8, 4) is 11.5 Å². The highest BCUT2D eigenvalue weighted by molar-refractivity contribution is 6.32. The van der Waals surface area contributed by atoms with Crippen LogP contribution < -0.4 is 4.74 Å². The molecule has 2 saturated heterocycles. The second kappa shape index (κ2) is 11.7. The van der Waals surface area contributed by atoms with Crippen molar-refractivity contribution in [1.29, 1.82) is 0 Å². The number of amides is 2. The number of likely N-dealkylation sites (tertiary alicyclic amines) is 2. The zero-order valence-corrected chi connectivity index (χ0v) is 28.0.